The SMILES string of the molecule is c1ccc(-c2cccc(-c3ccccc3-c3nc(-c4cc5ccccc5c5sc6ccccc6c45)nc(-c4cc5ccccc5c5sc6ccccc6c45)n3)c2)cc1. The Morgan fingerprint density at radius 3 is 1.31 bits per heavy atom. The second-order valence-electron chi connectivity index (χ2n) is 14.7. The molecule has 3 nitrogen and oxygen atoms in total. The quantitative estimate of drug-likeness (QED) is 0.175. The van der Waals surface area contributed by atoms with E-state index in [9.17, 15) is 0 Å². The van der Waals surface area contributed by atoms with Crippen molar-refractivity contribution in [1.29, 1.82) is 0 Å². The van der Waals surface area contributed by atoms with E-state index in [1.165, 1.54) is 56.7 Å². The molecule has 0 radical (unpaired) electrons. The number of benzene rings is 9. The lowest BCUT2D eigenvalue weighted by atomic mass is 9.95. The maximum Gasteiger partial charge on any atom is 0.164 e. The number of aromatic nitrogens is 3. The zero-order valence-corrected chi connectivity index (χ0v) is 32.7. The van der Waals surface area contributed by atoms with Crippen molar-refractivity contribution in [1.82, 2.24) is 15.0 Å². The van der Waals surface area contributed by atoms with Crippen molar-refractivity contribution in [2.75, 3.05) is 0 Å². The molecule has 0 saturated heterocycles. The van der Waals surface area contributed by atoms with E-state index in [1.807, 2.05) is 22.7 Å². The minimum absolute atomic E-state index is 0.641. The Balaban J connectivity index is 1.18. The van der Waals surface area contributed by atoms with Crippen LogP contribution in [-0.4, -0.2) is 15.0 Å². The summed E-state index contributed by atoms with van der Waals surface area (Å²) in [5, 5.41) is 9.57. The van der Waals surface area contributed by atoms with Crippen molar-refractivity contribution in [2.24, 2.45) is 0 Å². The van der Waals surface area contributed by atoms with Crippen molar-refractivity contribution < 1.29 is 0 Å². The third kappa shape index (κ3) is 5.28. The second kappa shape index (κ2) is 13.3. The number of nitrogens with zero attached hydrogens (tertiary/aromatic N) is 3. The van der Waals surface area contributed by atoms with Gasteiger partial charge >= 0.3 is 0 Å². The summed E-state index contributed by atoms with van der Waals surface area (Å²) in [5.74, 6) is 1.96. The van der Waals surface area contributed by atoms with Gasteiger partial charge in [-0.1, -0.05) is 158 Å². The van der Waals surface area contributed by atoms with Gasteiger partial charge in [0.25, 0.3) is 0 Å². The smallest absolute Gasteiger partial charge is 0.164 e. The fourth-order valence-corrected chi connectivity index (χ4v) is 11.2. The van der Waals surface area contributed by atoms with Crippen LogP contribution in [0.3, 0.4) is 0 Å². The molecule has 270 valence electrons. The zero-order chi connectivity index (χ0) is 38.2. The molecule has 3 aromatic heterocycles. The van der Waals surface area contributed by atoms with Crippen LogP contribution in [-0.2, 0) is 0 Å². The Hall–Kier alpha value is -7.05. The first-order valence-corrected chi connectivity index (χ1v) is 21.1. The first-order valence-electron chi connectivity index (χ1n) is 19.4. The number of hydrogen-bond donors (Lipinski definition) is 0. The Labute approximate surface area is 342 Å². The van der Waals surface area contributed by atoms with Gasteiger partial charge in [0, 0.05) is 57.0 Å². The molecule has 9 aromatic carbocycles. The van der Waals surface area contributed by atoms with Gasteiger partial charge in [-0.05, 0) is 74.1 Å². The van der Waals surface area contributed by atoms with Crippen molar-refractivity contribution in [3.63, 3.8) is 0 Å². The van der Waals surface area contributed by atoms with E-state index in [-0.39, 0.29) is 0 Å². The number of fused-ring (bicyclic) bond motifs is 10. The lowest BCUT2D eigenvalue weighted by Crippen LogP contribution is -2.02. The van der Waals surface area contributed by atoms with E-state index in [4.69, 9.17) is 15.0 Å². The summed E-state index contributed by atoms with van der Waals surface area (Å²) in [5.41, 5.74) is 7.48. The third-order valence-electron chi connectivity index (χ3n) is 11.3. The summed E-state index contributed by atoms with van der Waals surface area (Å²) < 4.78 is 4.98. The highest BCUT2D eigenvalue weighted by Gasteiger charge is 2.23. The van der Waals surface area contributed by atoms with Crippen LogP contribution in [0.1, 0.15) is 0 Å². The molecule has 12 aromatic rings. The highest BCUT2D eigenvalue weighted by Crippen LogP contribution is 2.47. The molecule has 12 rings (SSSR count). The van der Waals surface area contributed by atoms with Crippen LogP contribution in [0.15, 0.2) is 188 Å². The van der Waals surface area contributed by atoms with Gasteiger partial charge in [0.15, 0.2) is 17.5 Å². The fourth-order valence-electron chi connectivity index (χ4n) is 8.64. The van der Waals surface area contributed by atoms with E-state index in [2.05, 4.69) is 188 Å². The normalized spacial score (nSPS) is 11.8. The van der Waals surface area contributed by atoms with Crippen LogP contribution in [0.25, 0.3) is 118 Å². The summed E-state index contributed by atoms with van der Waals surface area (Å²) in [4.78, 5) is 16.5. The maximum atomic E-state index is 5.53. The van der Waals surface area contributed by atoms with Gasteiger partial charge in [-0.15, -0.1) is 22.7 Å². The zero-order valence-electron chi connectivity index (χ0n) is 31.1. The van der Waals surface area contributed by atoms with E-state index in [0.717, 1.165) is 44.2 Å². The van der Waals surface area contributed by atoms with E-state index < -0.39 is 0 Å². The Morgan fingerprint density at radius 1 is 0.293 bits per heavy atom. The summed E-state index contributed by atoms with van der Waals surface area (Å²) in [6, 6.07) is 67.2. The third-order valence-corrected chi connectivity index (χ3v) is 13.7. The van der Waals surface area contributed by atoms with Gasteiger partial charge in [-0.2, -0.15) is 0 Å². The number of hydrogen-bond acceptors (Lipinski definition) is 5. The van der Waals surface area contributed by atoms with Gasteiger partial charge in [0.2, 0.25) is 0 Å². The fraction of sp³-hybridized carbons (Fsp3) is 0. The largest absolute Gasteiger partial charge is 0.208 e. The predicted octanol–water partition coefficient (Wildman–Crippen LogP) is 15.2. The molecule has 5 heteroatoms. The molecular weight excluding hydrogens is 743 g/mol. The molecule has 0 aliphatic heterocycles. The van der Waals surface area contributed by atoms with Gasteiger partial charge in [-0.3, -0.25) is 0 Å². The molecule has 58 heavy (non-hydrogen) atoms. The topological polar surface area (TPSA) is 38.7 Å². The molecule has 0 spiro atoms. The van der Waals surface area contributed by atoms with Gasteiger partial charge in [-0.25, -0.2) is 15.0 Å². The summed E-state index contributed by atoms with van der Waals surface area (Å²) in [6.45, 7) is 0. The van der Waals surface area contributed by atoms with Gasteiger partial charge in [0.05, 0.1) is 0 Å². The van der Waals surface area contributed by atoms with E-state index in [1.54, 1.807) is 0 Å². The molecule has 0 amide bonds. The van der Waals surface area contributed by atoms with Crippen LogP contribution >= 0.6 is 22.7 Å². The Bertz CT molecular complexity index is 3410. The van der Waals surface area contributed by atoms with Crippen molar-refractivity contribution in [3.05, 3.63) is 188 Å². The minimum atomic E-state index is 0.641. The Kier molecular flexibility index (Phi) is 7.58. The van der Waals surface area contributed by atoms with E-state index >= 15 is 0 Å². The van der Waals surface area contributed by atoms with Crippen molar-refractivity contribution in [2.45, 2.75) is 0 Å². The van der Waals surface area contributed by atoms with Gasteiger partial charge < -0.3 is 0 Å². The van der Waals surface area contributed by atoms with Crippen LogP contribution in [0.5, 0.6) is 0 Å². The van der Waals surface area contributed by atoms with Crippen LogP contribution < -0.4 is 0 Å². The molecule has 0 bridgehead atoms. The lowest BCUT2D eigenvalue weighted by molar-refractivity contribution is 1.08. The molecular formula is C53H31N3S2. The second-order valence-corrected chi connectivity index (χ2v) is 16.8. The summed E-state index contributed by atoms with van der Waals surface area (Å²) >= 11 is 3.67. The molecule has 0 saturated carbocycles. The molecule has 0 aliphatic rings. The maximum absolute atomic E-state index is 5.53. The van der Waals surface area contributed by atoms with Crippen molar-refractivity contribution in [3.8, 4) is 56.4 Å². The minimum Gasteiger partial charge on any atom is -0.208 e. The van der Waals surface area contributed by atoms with Gasteiger partial charge in [0.1, 0.15) is 0 Å². The predicted molar refractivity (Wildman–Crippen MR) is 248 cm³/mol. The Morgan fingerprint density at radius 2 is 0.724 bits per heavy atom. The highest BCUT2D eigenvalue weighted by molar-refractivity contribution is 7.27. The van der Waals surface area contributed by atoms with Crippen LogP contribution in [0.4, 0.5) is 0 Å². The summed E-state index contributed by atoms with van der Waals surface area (Å²) in [7, 11) is 0. The molecule has 0 unspecified atom stereocenters. The first-order chi connectivity index (χ1) is 28.7. The molecule has 3 heterocycles. The molecule has 0 N–H and O–H groups in total. The van der Waals surface area contributed by atoms with Crippen LogP contribution in [0, 0.1) is 0 Å². The highest BCUT2D eigenvalue weighted by atomic mass is 32.1. The van der Waals surface area contributed by atoms with Crippen LogP contribution in [0.2, 0.25) is 0 Å². The van der Waals surface area contributed by atoms with E-state index in [0.29, 0.717) is 17.5 Å². The molecule has 0 atom stereocenters. The molecule has 0 aliphatic carbocycles. The lowest BCUT2D eigenvalue weighted by Gasteiger charge is -2.15. The summed E-state index contributed by atoms with van der Waals surface area (Å²) in [6.07, 6.45) is 0. The monoisotopic (exact) mass is 773 g/mol. The van der Waals surface area contributed by atoms with Crippen molar-refractivity contribution >= 4 is 84.6 Å². The average molecular weight is 774 g/mol. The molecule has 0 fully saturated rings. The first kappa shape index (κ1) is 33.1. The number of thiophene rings is 2. The standard InChI is InChI=1S/C53H31N3S2/c1-2-15-32(16-3-1)33-19-14-20-34(29-33)37-21-8-9-24-40(37)51-54-52(43-30-35-17-4-6-22-38(35)49-47(43)41-25-10-12-27-45(41)57-49)56-53(55-51)44-31-36-18-5-7-23-39(36)50-48(44)42-26-11-13-28-46(42)58-50/h1-31H. The average Bonchev–Trinajstić information content (AvgIpc) is 3.89. The number of rotatable bonds is 5.